The number of nitrogens with one attached hydrogen (secondary N) is 3. The molecule has 0 saturated heterocycles. The van der Waals surface area contributed by atoms with Gasteiger partial charge in [0, 0.05) is 29.9 Å². The second-order valence-electron chi connectivity index (χ2n) is 7.42. The van der Waals surface area contributed by atoms with E-state index >= 15 is 0 Å². The average Bonchev–Trinajstić information content (AvgIpc) is 3.35. The zero-order valence-corrected chi connectivity index (χ0v) is 16.8. The number of benzene rings is 2. The van der Waals surface area contributed by atoms with Crippen molar-refractivity contribution in [1.29, 1.82) is 0 Å². The number of anilines is 2. The Morgan fingerprint density at radius 3 is 2.61 bits per heavy atom. The van der Waals surface area contributed by atoms with Gasteiger partial charge in [-0.05, 0) is 30.2 Å². The standard InChI is InChI=1S/C21H17F5N4O3/c22-13-6-12-15(7-14(13)23)27-8-16(12)29-20(33)19(32)28-9-18(31)30-4-3-10-1-2-11(5-17(10)30)21(24,25)26/h1-2,5-8,19,27-28,32H,3-4,9H2,(H,29,33). The Balaban J connectivity index is 1.39. The van der Waals surface area contributed by atoms with Crippen LogP contribution in [0, 0.1) is 11.6 Å². The summed E-state index contributed by atoms with van der Waals surface area (Å²) in [5, 5.41) is 14.8. The van der Waals surface area contributed by atoms with Gasteiger partial charge in [0.25, 0.3) is 5.91 Å². The lowest BCUT2D eigenvalue weighted by Gasteiger charge is -2.20. The van der Waals surface area contributed by atoms with Crippen molar-refractivity contribution in [3.05, 3.63) is 59.3 Å². The normalized spacial score (nSPS) is 14.4. The molecule has 0 fully saturated rings. The maximum absolute atomic E-state index is 13.5. The Bertz CT molecular complexity index is 1240. The lowest BCUT2D eigenvalue weighted by molar-refractivity contribution is -0.137. The molecule has 0 saturated carbocycles. The molecule has 4 N–H and O–H groups in total. The van der Waals surface area contributed by atoms with Crippen molar-refractivity contribution < 1.29 is 36.6 Å². The van der Waals surface area contributed by atoms with Crippen LogP contribution < -0.4 is 15.5 Å². The summed E-state index contributed by atoms with van der Waals surface area (Å²) in [5.74, 6) is -3.81. The predicted molar refractivity (Wildman–Crippen MR) is 108 cm³/mol. The molecule has 0 spiro atoms. The molecule has 7 nitrogen and oxygen atoms in total. The Labute approximate surface area is 183 Å². The predicted octanol–water partition coefficient (Wildman–Crippen LogP) is 2.90. The number of aliphatic hydroxyl groups excluding tert-OH is 1. The van der Waals surface area contributed by atoms with Gasteiger partial charge in [-0.15, -0.1) is 0 Å². The summed E-state index contributed by atoms with van der Waals surface area (Å²) in [6.07, 6.45) is -4.76. The maximum atomic E-state index is 13.5. The number of carbonyl (C=O) groups is 2. The third-order valence-electron chi connectivity index (χ3n) is 5.28. The molecule has 1 aromatic heterocycles. The fourth-order valence-electron chi connectivity index (χ4n) is 3.61. The number of alkyl halides is 3. The van der Waals surface area contributed by atoms with Gasteiger partial charge < -0.3 is 20.3 Å². The van der Waals surface area contributed by atoms with Crippen molar-refractivity contribution in [2.24, 2.45) is 0 Å². The first kappa shape index (κ1) is 22.7. The van der Waals surface area contributed by atoms with Crippen LogP contribution in [0.4, 0.5) is 33.3 Å². The fraction of sp³-hybridized carbons (Fsp3) is 0.238. The number of aromatic amines is 1. The molecule has 2 amide bonds. The van der Waals surface area contributed by atoms with Crippen LogP contribution in [0.3, 0.4) is 0 Å². The van der Waals surface area contributed by atoms with Crippen LogP contribution in [0.1, 0.15) is 11.1 Å². The van der Waals surface area contributed by atoms with Gasteiger partial charge in [0.05, 0.1) is 23.3 Å². The number of aliphatic hydroxyl groups is 1. The Hall–Kier alpha value is -3.51. The van der Waals surface area contributed by atoms with Crippen LogP contribution in [-0.2, 0) is 22.2 Å². The number of carbonyl (C=O) groups excluding carboxylic acids is 2. The van der Waals surface area contributed by atoms with E-state index in [0.717, 1.165) is 29.2 Å². The number of H-pyrrole nitrogens is 1. The number of nitrogens with zero attached hydrogens (tertiary/aromatic N) is 1. The number of hydrogen-bond acceptors (Lipinski definition) is 4. The van der Waals surface area contributed by atoms with E-state index in [9.17, 15) is 36.6 Å². The molecule has 1 aliphatic rings. The summed E-state index contributed by atoms with van der Waals surface area (Å²) < 4.78 is 65.8. The zero-order chi connectivity index (χ0) is 23.9. The zero-order valence-electron chi connectivity index (χ0n) is 16.8. The summed E-state index contributed by atoms with van der Waals surface area (Å²) in [6, 6.07) is 4.94. The maximum Gasteiger partial charge on any atom is 0.416 e. The first-order valence-electron chi connectivity index (χ1n) is 9.73. The highest BCUT2D eigenvalue weighted by Crippen LogP contribution is 2.36. The summed E-state index contributed by atoms with van der Waals surface area (Å²) in [5.41, 5.74) is 0.117. The monoisotopic (exact) mass is 468 g/mol. The first-order valence-corrected chi connectivity index (χ1v) is 9.73. The van der Waals surface area contributed by atoms with Gasteiger partial charge in [-0.3, -0.25) is 14.9 Å². The van der Waals surface area contributed by atoms with Crippen molar-refractivity contribution in [1.82, 2.24) is 10.3 Å². The smallest absolute Gasteiger partial charge is 0.370 e. The molecule has 33 heavy (non-hydrogen) atoms. The van der Waals surface area contributed by atoms with Crippen LogP contribution in [0.15, 0.2) is 36.5 Å². The molecule has 3 aromatic rings. The van der Waals surface area contributed by atoms with Gasteiger partial charge in [-0.2, -0.15) is 13.2 Å². The van der Waals surface area contributed by atoms with Gasteiger partial charge >= 0.3 is 6.18 Å². The summed E-state index contributed by atoms with van der Waals surface area (Å²) in [7, 11) is 0. The van der Waals surface area contributed by atoms with Crippen molar-refractivity contribution in [2.45, 2.75) is 18.8 Å². The second-order valence-corrected chi connectivity index (χ2v) is 7.42. The summed E-state index contributed by atoms with van der Waals surface area (Å²) in [4.78, 5) is 28.6. The number of rotatable bonds is 5. The highest BCUT2D eigenvalue weighted by molar-refractivity contribution is 6.03. The molecule has 2 heterocycles. The van der Waals surface area contributed by atoms with Crippen molar-refractivity contribution in [3.8, 4) is 0 Å². The van der Waals surface area contributed by atoms with Gasteiger partial charge in [-0.25, -0.2) is 8.78 Å². The molecule has 1 unspecified atom stereocenters. The molecule has 174 valence electrons. The van der Waals surface area contributed by atoms with Gasteiger partial charge in [0.15, 0.2) is 17.9 Å². The highest BCUT2D eigenvalue weighted by atomic mass is 19.4. The van der Waals surface area contributed by atoms with Gasteiger partial charge in [0.1, 0.15) is 0 Å². The Morgan fingerprint density at radius 1 is 1.15 bits per heavy atom. The van der Waals surface area contributed by atoms with Gasteiger partial charge in [0.2, 0.25) is 5.91 Å². The fourth-order valence-corrected chi connectivity index (χ4v) is 3.61. The molecule has 12 heteroatoms. The Morgan fingerprint density at radius 2 is 1.88 bits per heavy atom. The van der Waals surface area contributed by atoms with E-state index in [4.69, 9.17) is 0 Å². The van der Waals surface area contributed by atoms with E-state index in [0.29, 0.717) is 12.0 Å². The van der Waals surface area contributed by atoms with E-state index in [1.807, 2.05) is 0 Å². The minimum absolute atomic E-state index is 0.0780. The second kappa shape index (κ2) is 8.45. The van der Waals surface area contributed by atoms with Gasteiger partial charge in [-0.1, -0.05) is 6.07 Å². The van der Waals surface area contributed by atoms with E-state index in [2.05, 4.69) is 15.6 Å². The van der Waals surface area contributed by atoms with Crippen LogP contribution >= 0.6 is 0 Å². The third-order valence-corrected chi connectivity index (χ3v) is 5.28. The molecular formula is C21H17F5N4O3. The molecule has 0 aliphatic carbocycles. The molecule has 1 atom stereocenters. The number of fused-ring (bicyclic) bond motifs is 2. The lowest BCUT2D eigenvalue weighted by atomic mass is 10.1. The summed E-state index contributed by atoms with van der Waals surface area (Å²) in [6.45, 7) is -0.366. The van der Waals surface area contributed by atoms with Crippen molar-refractivity contribution in [3.63, 3.8) is 0 Å². The molecule has 1 aliphatic heterocycles. The number of amides is 2. The van der Waals surface area contributed by atoms with E-state index in [1.54, 1.807) is 0 Å². The van der Waals surface area contributed by atoms with Crippen LogP contribution in [0.2, 0.25) is 0 Å². The largest absolute Gasteiger partial charge is 0.416 e. The van der Waals surface area contributed by atoms with E-state index in [-0.39, 0.29) is 28.8 Å². The Kier molecular flexibility index (Phi) is 5.80. The lowest BCUT2D eigenvalue weighted by Crippen LogP contribution is -2.46. The quantitative estimate of drug-likeness (QED) is 0.342. The van der Waals surface area contributed by atoms with Crippen LogP contribution in [0.5, 0.6) is 0 Å². The molecular weight excluding hydrogens is 451 g/mol. The van der Waals surface area contributed by atoms with Crippen LogP contribution in [0.25, 0.3) is 10.9 Å². The van der Waals surface area contributed by atoms with Crippen LogP contribution in [-0.4, -0.2) is 41.2 Å². The number of hydrogen-bond donors (Lipinski definition) is 4. The highest BCUT2D eigenvalue weighted by Gasteiger charge is 2.34. The summed E-state index contributed by atoms with van der Waals surface area (Å²) >= 11 is 0. The minimum Gasteiger partial charge on any atom is -0.370 e. The molecule has 4 rings (SSSR count). The number of halogens is 5. The van der Waals surface area contributed by atoms with Crippen molar-refractivity contribution >= 4 is 34.1 Å². The molecule has 0 bridgehead atoms. The number of aromatic nitrogens is 1. The average molecular weight is 468 g/mol. The van der Waals surface area contributed by atoms with E-state index < -0.39 is 48.0 Å². The molecule has 2 aromatic carbocycles. The first-order chi connectivity index (χ1) is 15.5. The third kappa shape index (κ3) is 4.52. The van der Waals surface area contributed by atoms with Crippen molar-refractivity contribution in [2.75, 3.05) is 23.3 Å². The topological polar surface area (TPSA) is 97.5 Å². The molecule has 0 radical (unpaired) electrons. The SMILES string of the molecule is O=C(Nc1c[nH]c2cc(F)c(F)cc12)C(O)NCC(=O)N1CCc2ccc(C(F)(F)F)cc21. The van der Waals surface area contributed by atoms with E-state index in [1.165, 1.54) is 12.3 Å². The minimum atomic E-state index is -4.56.